The Morgan fingerprint density at radius 1 is 1.07 bits per heavy atom. The number of methoxy groups -OCH3 is 1. The van der Waals surface area contributed by atoms with Crippen LogP contribution in [0.3, 0.4) is 0 Å². The van der Waals surface area contributed by atoms with Gasteiger partial charge in [0, 0.05) is 44.0 Å². The molecule has 28 heavy (non-hydrogen) atoms. The van der Waals surface area contributed by atoms with Gasteiger partial charge in [0.05, 0.1) is 13.7 Å². The molecule has 3 rings (SSSR count). The Kier molecular flexibility index (Phi) is 8.69. The number of aliphatic imine (C=N–C) groups is 1. The van der Waals surface area contributed by atoms with Gasteiger partial charge in [-0.3, -0.25) is 0 Å². The van der Waals surface area contributed by atoms with Crippen LogP contribution < -0.4 is 15.0 Å². The van der Waals surface area contributed by atoms with Crippen molar-refractivity contribution in [2.75, 3.05) is 44.7 Å². The molecule has 0 atom stereocenters. The van der Waals surface area contributed by atoms with E-state index in [4.69, 9.17) is 9.73 Å². The van der Waals surface area contributed by atoms with E-state index in [0.29, 0.717) is 12.3 Å². The summed E-state index contributed by atoms with van der Waals surface area (Å²) in [7, 11) is 1.55. The summed E-state index contributed by atoms with van der Waals surface area (Å²) in [6.07, 6.45) is 0. The summed E-state index contributed by atoms with van der Waals surface area (Å²) in [6.45, 7) is 7.01. The Morgan fingerprint density at radius 3 is 2.43 bits per heavy atom. The Hall–Kier alpha value is -2.16. The fraction of sp³-hybridized carbons (Fsp3) is 0.381. The van der Waals surface area contributed by atoms with Gasteiger partial charge in [0.1, 0.15) is 0 Å². The van der Waals surface area contributed by atoms with Crippen LogP contribution in [0.1, 0.15) is 12.5 Å². The van der Waals surface area contributed by atoms with E-state index in [9.17, 15) is 5.11 Å². The van der Waals surface area contributed by atoms with Crippen molar-refractivity contribution in [1.82, 2.24) is 10.2 Å². The molecule has 1 fully saturated rings. The van der Waals surface area contributed by atoms with Crippen LogP contribution in [-0.2, 0) is 6.54 Å². The van der Waals surface area contributed by atoms with Crippen LogP contribution in [0.4, 0.5) is 5.69 Å². The summed E-state index contributed by atoms with van der Waals surface area (Å²) in [5.41, 5.74) is 2.02. The van der Waals surface area contributed by atoms with Crippen molar-refractivity contribution in [3.63, 3.8) is 0 Å². The predicted octanol–water partition coefficient (Wildman–Crippen LogP) is 3.31. The number of ether oxygens (including phenoxy) is 1. The van der Waals surface area contributed by atoms with Crippen LogP contribution in [0.25, 0.3) is 0 Å². The van der Waals surface area contributed by atoms with Gasteiger partial charge in [0.15, 0.2) is 17.5 Å². The highest BCUT2D eigenvalue weighted by Gasteiger charge is 2.20. The molecule has 0 aliphatic carbocycles. The third-order valence-electron chi connectivity index (χ3n) is 4.74. The Balaban J connectivity index is 0.00000280. The maximum absolute atomic E-state index is 10.3. The zero-order valence-electron chi connectivity index (χ0n) is 16.5. The number of rotatable bonds is 5. The van der Waals surface area contributed by atoms with Crippen LogP contribution in [0, 0.1) is 0 Å². The van der Waals surface area contributed by atoms with E-state index in [1.54, 1.807) is 13.2 Å². The highest BCUT2D eigenvalue weighted by atomic mass is 127. The van der Waals surface area contributed by atoms with E-state index in [2.05, 4.69) is 46.3 Å². The Labute approximate surface area is 184 Å². The SMILES string of the molecule is CCNC(=NCc1cccc(OC)c1O)N1CCN(c2ccccc2)CC1.I. The van der Waals surface area contributed by atoms with Crippen LogP contribution in [0.5, 0.6) is 11.5 Å². The minimum atomic E-state index is 0. The van der Waals surface area contributed by atoms with Crippen LogP contribution >= 0.6 is 24.0 Å². The molecule has 2 N–H and O–H groups in total. The lowest BCUT2D eigenvalue weighted by atomic mass is 10.2. The quantitative estimate of drug-likeness (QED) is 0.378. The number of nitrogens with one attached hydrogen (secondary N) is 1. The average Bonchev–Trinajstić information content (AvgIpc) is 2.73. The minimum Gasteiger partial charge on any atom is -0.504 e. The number of piperazine rings is 1. The number of hydrogen-bond donors (Lipinski definition) is 2. The van der Waals surface area contributed by atoms with E-state index in [-0.39, 0.29) is 29.7 Å². The van der Waals surface area contributed by atoms with Crippen molar-refractivity contribution in [2.24, 2.45) is 4.99 Å². The highest BCUT2D eigenvalue weighted by molar-refractivity contribution is 14.0. The smallest absolute Gasteiger partial charge is 0.194 e. The predicted molar refractivity (Wildman–Crippen MR) is 125 cm³/mol. The summed E-state index contributed by atoms with van der Waals surface area (Å²) in [5.74, 6) is 1.52. The van der Waals surface area contributed by atoms with Crippen molar-refractivity contribution in [1.29, 1.82) is 0 Å². The highest BCUT2D eigenvalue weighted by Crippen LogP contribution is 2.29. The maximum atomic E-state index is 10.3. The van der Waals surface area contributed by atoms with Crippen molar-refractivity contribution >= 4 is 35.6 Å². The summed E-state index contributed by atoms with van der Waals surface area (Å²) in [4.78, 5) is 9.41. The van der Waals surface area contributed by atoms with Crippen molar-refractivity contribution in [3.8, 4) is 11.5 Å². The number of nitrogens with zero attached hydrogens (tertiary/aromatic N) is 3. The van der Waals surface area contributed by atoms with Crippen molar-refractivity contribution in [2.45, 2.75) is 13.5 Å². The average molecular weight is 496 g/mol. The Bertz CT molecular complexity index is 762. The summed E-state index contributed by atoms with van der Waals surface area (Å²) in [5, 5.41) is 13.6. The second-order valence-electron chi connectivity index (χ2n) is 6.45. The molecule has 2 aromatic rings. The van der Waals surface area contributed by atoms with E-state index in [1.165, 1.54) is 5.69 Å². The third kappa shape index (κ3) is 5.43. The van der Waals surface area contributed by atoms with Crippen LogP contribution in [0.2, 0.25) is 0 Å². The second-order valence-corrected chi connectivity index (χ2v) is 6.45. The van der Waals surface area contributed by atoms with Gasteiger partial charge in [0.25, 0.3) is 0 Å². The molecule has 0 radical (unpaired) electrons. The molecule has 2 aromatic carbocycles. The fourth-order valence-electron chi connectivity index (χ4n) is 3.26. The number of aromatic hydroxyl groups is 1. The molecule has 0 amide bonds. The van der Waals surface area contributed by atoms with Crippen molar-refractivity contribution in [3.05, 3.63) is 54.1 Å². The molecule has 1 saturated heterocycles. The van der Waals surface area contributed by atoms with E-state index in [0.717, 1.165) is 44.2 Å². The molecular weight excluding hydrogens is 467 g/mol. The molecule has 1 aliphatic rings. The summed E-state index contributed by atoms with van der Waals surface area (Å²) >= 11 is 0. The topological polar surface area (TPSA) is 60.3 Å². The molecule has 1 heterocycles. The first-order valence-electron chi connectivity index (χ1n) is 9.41. The standard InChI is InChI=1S/C21H28N4O2.HI/c1-3-22-21(23-16-17-8-7-11-19(27-2)20(17)26)25-14-12-24(13-15-25)18-9-5-4-6-10-18;/h4-11,26H,3,12-16H2,1-2H3,(H,22,23);1H. The molecule has 152 valence electrons. The zero-order chi connectivity index (χ0) is 19.1. The number of halogens is 1. The lowest BCUT2D eigenvalue weighted by Gasteiger charge is -2.37. The van der Waals surface area contributed by atoms with Gasteiger partial charge in [-0.15, -0.1) is 24.0 Å². The first kappa shape index (κ1) is 22.1. The van der Waals surface area contributed by atoms with Gasteiger partial charge >= 0.3 is 0 Å². The second kappa shape index (κ2) is 11.0. The molecule has 1 aliphatic heterocycles. The number of para-hydroxylation sites is 2. The monoisotopic (exact) mass is 496 g/mol. The van der Waals surface area contributed by atoms with Gasteiger partial charge in [-0.05, 0) is 25.1 Å². The first-order valence-corrected chi connectivity index (χ1v) is 9.41. The number of benzene rings is 2. The lowest BCUT2D eigenvalue weighted by Crippen LogP contribution is -2.52. The zero-order valence-corrected chi connectivity index (χ0v) is 18.8. The number of hydrogen-bond acceptors (Lipinski definition) is 4. The normalized spacial score (nSPS) is 14.4. The Morgan fingerprint density at radius 2 is 1.79 bits per heavy atom. The number of guanidine groups is 1. The first-order chi connectivity index (χ1) is 13.2. The molecule has 0 aromatic heterocycles. The minimum absolute atomic E-state index is 0. The number of anilines is 1. The number of phenolic OH excluding ortho intramolecular Hbond substituents is 1. The van der Waals surface area contributed by atoms with E-state index in [1.807, 2.05) is 18.2 Å². The van der Waals surface area contributed by atoms with Gasteiger partial charge in [-0.2, -0.15) is 0 Å². The van der Waals surface area contributed by atoms with E-state index < -0.39 is 0 Å². The van der Waals surface area contributed by atoms with Gasteiger partial charge in [-0.1, -0.05) is 30.3 Å². The lowest BCUT2D eigenvalue weighted by molar-refractivity contribution is 0.368. The van der Waals surface area contributed by atoms with Crippen LogP contribution in [-0.4, -0.2) is 55.8 Å². The molecule has 7 heteroatoms. The summed E-state index contributed by atoms with van der Waals surface area (Å²) in [6, 6.07) is 16.0. The summed E-state index contributed by atoms with van der Waals surface area (Å²) < 4.78 is 5.18. The molecule has 6 nitrogen and oxygen atoms in total. The molecule has 0 saturated carbocycles. The molecule has 0 spiro atoms. The van der Waals surface area contributed by atoms with Gasteiger partial charge in [0.2, 0.25) is 0 Å². The molecular formula is C21H29IN4O2. The van der Waals surface area contributed by atoms with Crippen molar-refractivity contribution < 1.29 is 9.84 Å². The number of phenols is 1. The van der Waals surface area contributed by atoms with Gasteiger partial charge < -0.3 is 25.0 Å². The van der Waals surface area contributed by atoms with E-state index >= 15 is 0 Å². The third-order valence-corrected chi connectivity index (χ3v) is 4.74. The molecule has 0 bridgehead atoms. The fourth-order valence-corrected chi connectivity index (χ4v) is 3.26. The maximum Gasteiger partial charge on any atom is 0.194 e. The van der Waals surface area contributed by atoms with Crippen LogP contribution in [0.15, 0.2) is 53.5 Å². The largest absolute Gasteiger partial charge is 0.504 e. The molecule has 0 unspecified atom stereocenters. The van der Waals surface area contributed by atoms with Gasteiger partial charge in [-0.25, -0.2) is 4.99 Å².